The largest absolute Gasteiger partial charge is 0.495 e. The summed E-state index contributed by atoms with van der Waals surface area (Å²) in [7, 11) is 1.50. The maximum atomic E-state index is 11.7. The van der Waals surface area contributed by atoms with Crippen LogP contribution in [0.2, 0.25) is 5.02 Å². The van der Waals surface area contributed by atoms with Gasteiger partial charge in [0.2, 0.25) is 0 Å². The van der Waals surface area contributed by atoms with Gasteiger partial charge < -0.3 is 9.47 Å². The van der Waals surface area contributed by atoms with Gasteiger partial charge in [0.25, 0.3) is 0 Å². The number of methoxy groups -OCH3 is 1. The quantitative estimate of drug-likeness (QED) is 0.924. The number of rotatable bonds is 3. The van der Waals surface area contributed by atoms with Crippen molar-refractivity contribution in [2.75, 3.05) is 12.4 Å². The molecule has 0 spiro atoms. The van der Waals surface area contributed by atoms with E-state index in [1.165, 1.54) is 7.11 Å². The molecule has 1 amide bonds. The van der Waals surface area contributed by atoms with E-state index in [0.29, 0.717) is 22.2 Å². The monoisotopic (exact) mass is 277 g/mol. The lowest BCUT2D eigenvalue weighted by Crippen LogP contribution is -2.17. The first-order chi connectivity index (χ1) is 9.19. The minimum Gasteiger partial charge on any atom is -0.495 e. The van der Waals surface area contributed by atoms with Gasteiger partial charge in [0.1, 0.15) is 11.5 Å². The molecule has 1 N–H and O–H groups in total. The summed E-state index contributed by atoms with van der Waals surface area (Å²) in [6.45, 7) is 0. The Labute approximate surface area is 115 Å². The number of hydrogen-bond donors (Lipinski definition) is 1. The van der Waals surface area contributed by atoms with Gasteiger partial charge in [0.05, 0.1) is 12.8 Å². The number of carbonyl (C=O) groups excluding carboxylic acids is 1. The van der Waals surface area contributed by atoms with Crippen LogP contribution >= 0.6 is 11.6 Å². The molecule has 19 heavy (non-hydrogen) atoms. The van der Waals surface area contributed by atoms with Gasteiger partial charge in [0, 0.05) is 11.1 Å². The summed E-state index contributed by atoms with van der Waals surface area (Å²) >= 11 is 5.84. The van der Waals surface area contributed by atoms with Crippen LogP contribution in [0.3, 0.4) is 0 Å². The summed E-state index contributed by atoms with van der Waals surface area (Å²) in [5.41, 5.74) is 0.493. The molecule has 2 aromatic rings. The summed E-state index contributed by atoms with van der Waals surface area (Å²) in [4.78, 5) is 11.7. The molecule has 98 valence electrons. The van der Waals surface area contributed by atoms with Crippen LogP contribution in [0.25, 0.3) is 0 Å². The predicted octanol–water partition coefficient (Wildman–Crippen LogP) is 3.96. The molecule has 0 aliphatic heterocycles. The highest BCUT2D eigenvalue weighted by atomic mass is 35.5. The van der Waals surface area contributed by atoms with Crippen LogP contribution < -0.4 is 14.8 Å². The molecule has 0 bridgehead atoms. The second-order valence-electron chi connectivity index (χ2n) is 3.67. The summed E-state index contributed by atoms with van der Waals surface area (Å²) in [5, 5.41) is 3.12. The van der Waals surface area contributed by atoms with E-state index in [4.69, 9.17) is 21.1 Å². The lowest BCUT2D eigenvalue weighted by Gasteiger charge is -2.10. The molecular formula is C14H12ClNO3. The molecule has 2 aromatic carbocycles. The fourth-order valence-electron chi connectivity index (χ4n) is 1.50. The van der Waals surface area contributed by atoms with Crippen molar-refractivity contribution in [3.63, 3.8) is 0 Å². The maximum Gasteiger partial charge on any atom is 0.417 e. The SMILES string of the molecule is COc1cc(Cl)ccc1NC(=O)Oc1ccccc1. The molecule has 0 unspecified atom stereocenters. The number of hydrogen-bond acceptors (Lipinski definition) is 3. The zero-order valence-corrected chi connectivity index (χ0v) is 11.0. The van der Waals surface area contributed by atoms with E-state index in [1.807, 2.05) is 6.07 Å². The van der Waals surface area contributed by atoms with E-state index in [9.17, 15) is 4.79 Å². The molecule has 0 heterocycles. The minimum absolute atomic E-state index is 0.466. The summed E-state index contributed by atoms with van der Waals surface area (Å²) in [5.74, 6) is 0.936. The molecule has 5 heteroatoms. The van der Waals surface area contributed by atoms with Gasteiger partial charge in [-0.2, -0.15) is 0 Å². The average molecular weight is 278 g/mol. The van der Waals surface area contributed by atoms with E-state index < -0.39 is 6.09 Å². The standard InChI is InChI=1S/C14H12ClNO3/c1-18-13-9-10(15)7-8-12(13)16-14(17)19-11-5-3-2-4-6-11/h2-9H,1H3,(H,16,17). The highest BCUT2D eigenvalue weighted by Gasteiger charge is 2.09. The number of carbonyl (C=O) groups is 1. The zero-order valence-electron chi connectivity index (χ0n) is 10.2. The van der Waals surface area contributed by atoms with Crippen LogP contribution in [0.15, 0.2) is 48.5 Å². The molecule has 2 rings (SSSR count). The smallest absolute Gasteiger partial charge is 0.417 e. The second kappa shape index (κ2) is 6.11. The van der Waals surface area contributed by atoms with Crippen molar-refractivity contribution in [2.24, 2.45) is 0 Å². The van der Waals surface area contributed by atoms with E-state index >= 15 is 0 Å². The van der Waals surface area contributed by atoms with Gasteiger partial charge in [-0.15, -0.1) is 0 Å². The number of para-hydroxylation sites is 1. The van der Waals surface area contributed by atoms with Crippen LogP contribution in [-0.4, -0.2) is 13.2 Å². The first kappa shape index (κ1) is 13.2. The van der Waals surface area contributed by atoms with Crippen LogP contribution in [0.4, 0.5) is 10.5 Å². The third kappa shape index (κ3) is 3.63. The van der Waals surface area contributed by atoms with E-state index in [-0.39, 0.29) is 0 Å². The topological polar surface area (TPSA) is 47.6 Å². The van der Waals surface area contributed by atoms with Crippen LogP contribution in [-0.2, 0) is 0 Å². The first-order valence-electron chi connectivity index (χ1n) is 5.56. The van der Waals surface area contributed by atoms with E-state index in [1.54, 1.807) is 42.5 Å². The third-order valence-corrected chi connectivity index (χ3v) is 2.59. The molecule has 0 saturated heterocycles. The van der Waals surface area contributed by atoms with Crippen molar-refractivity contribution in [3.05, 3.63) is 53.6 Å². The highest BCUT2D eigenvalue weighted by Crippen LogP contribution is 2.27. The van der Waals surface area contributed by atoms with Crippen molar-refractivity contribution in [3.8, 4) is 11.5 Å². The average Bonchev–Trinajstić information content (AvgIpc) is 2.42. The molecule has 0 aliphatic carbocycles. The molecule has 0 atom stereocenters. The predicted molar refractivity (Wildman–Crippen MR) is 74.1 cm³/mol. The Kier molecular flexibility index (Phi) is 4.26. The number of nitrogens with one attached hydrogen (secondary N) is 1. The van der Waals surface area contributed by atoms with Crippen molar-refractivity contribution >= 4 is 23.4 Å². The number of ether oxygens (including phenoxy) is 2. The summed E-state index contributed by atoms with van der Waals surface area (Å²) < 4.78 is 10.2. The number of amides is 1. The Bertz CT molecular complexity index is 572. The van der Waals surface area contributed by atoms with Gasteiger partial charge in [0.15, 0.2) is 0 Å². The van der Waals surface area contributed by atoms with Crippen molar-refractivity contribution in [1.29, 1.82) is 0 Å². The van der Waals surface area contributed by atoms with Gasteiger partial charge >= 0.3 is 6.09 Å². The maximum absolute atomic E-state index is 11.7. The fourth-order valence-corrected chi connectivity index (χ4v) is 1.66. The zero-order chi connectivity index (χ0) is 13.7. The van der Waals surface area contributed by atoms with Crippen molar-refractivity contribution < 1.29 is 14.3 Å². The Morgan fingerprint density at radius 1 is 1.16 bits per heavy atom. The molecule has 0 saturated carbocycles. The number of anilines is 1. The number of halogens is 1. The molecule has 0 aromatic heterocycles. The third-order valence-electron chi connectivity index (χ3n) is 2.35. The van der Waals surface area contributed by atoms with Gasteiger partial charge in [-0.3, -0.25) is 5.32 Å². The first-order valence-corrected chi connectivity index (χ1v) is 5.94. The van der Waals surface area contributed by atoms with Gasteiger partial charge in [-0.05, 0) is 24.3 Å². The molecular weight excluding hydrogens is 266 g/mol. The Balaban J connectivity index is 2.07. The van der Waals surface area contributed by atoms with E-state index in [0.717, 1.165) is 0 Å². The minimum atomic E-state index is -0.591. The second-order valence-corrected chi connectivity index (χ2v) is 4.11. The lowest BCUT2D eigenvalue weighted by molar-refractivity contribution is 0.215. The highest BCUT2D eigenvalue weighted by molar-refractivity contribution is 6.30. The Morgan fingerprint density at radius 3 is 2.58 bits per heavy atom. The van der Waals surface area contributed by atoms with Crippen molar-refractivity contribution in [2.45, 2.75) is 0 Å². The number of benzene rings is 2. The molecule has 0 aliphatic rings. The molecule has 0 fully saturated rings. The molecule has 4 nitrogen and oxygen atoms in total. The van der Waals surface area contributed by atoms with E-state index in [2.05, 4.69) is 5.32 Å². The van der Waals surface area contributed by atoms with Gasteiger partial charge in [-0.25, -0.2) is 4.79 Å². The van der Waals surface area contributed by atoms with Gasteiger partial charge in [-0.1, -0.05) is 29.8 Å². The Morgan fingerprint density at radius 2 is 1.89 bits per heavy atom. The summed E-state index contributed by atoms with van der Waals surface area (Å²) in [6, 6.07) is 13.7. The van der Waals surface area contributed by atoms with Crippen LogP contribution in [0, 0.1) is 0 Å². The van der Waals surface area contributed by atoms with Crippen LogP contribution in [0.5, 0.6) is 11.5 Å². The molecule has 0 radical (unpaired) electrons. The van der Waals surface area contributed by atoms with Crippen LogP contribution in [0.1, 0.15) is 0 Å². The lowest BCUT2D eigenvalue weighted by atomic mass is 10.3. The fraction of sp³-hybridized carbons (Fsp3) is 0.0714. The summed E-state index contributed by atoms with van der Waals surface area (Å²) in [6.07, 6.45) is -0.591. The Hall–Kier alpha value is -2.20. The van der Waals surface area contributed by atoms with Crippen molar-refractivity contribution in [1.82, 2.24) is 0 Å². The normalized spacial score (nSPS) is 9.79.